The lowest BCUT2D eigenvalue weighted by Gasteiger charge is -2.14. The monoisotopic (exact) mass is 208 g/mol. The van der Waals surface area contributed by atoms with Gasteiger partial charge < -0.3 is 5.73 Å². The van der Waals surface area contributed by atoms with Gasteiger partial charge >= 0.3 is 6.18 Å². The molecule has 0 aliphatic heterocycles. The third-order valence-electron chi connectivity index (χ3n) is 1.65. The third kappa shape index (κ3) is 2.95. The highest BCUT2D eigenvalue weighted by molar-refractivity contribution is 5.16. The summed E-state index contributed by atoms with van der Waals surface area (Å²) in [7, 11) is 0. The van der Waals surface area contributed by atoms with Crippen molar-refractivity contribution in [3.05, 3.63) is 29.8 Å². The Labute approximate surface area is 77.7 Å². The van der Waals surface area contributed by atoms with Gasteiger partial charge in [0, 0.05) is 17.8 Å². The van der Waals surface area contributed by atoms with Crippen LogP contribution in [0.4, 0.5) is 17.6 Å². The average molecular weight is 208 g/mol. The Morgan fingerprint density at radius 2 is 2.07 bits per heavy atom. The van der Waals surface area contributed by atoms with Crippen LogP contribution in [0.2, 0.25) is 0 Å². The van der Waals surface area contributed by atoms with E-state index < -0.39 is 24.5 Å². The maximum atomic E-state index is 12.9. The molecule has 2 N–H and O–H groups in total. The van der Waals surface area contributed by atoms with Gasteiger partial charge in [-0.25, -0.2) is 4.39 Å². The standard InChI is InChI=1S/C8H8F4N2/c9-6-4-14-2-1-5(6)7(13)3-8(10,11)12/h1-2,4,7H,3,13H2/t7-/m1/s1. The van der Waals surface area contributed by atoms with Gasteiger partial charge in [0.05, 0.1) is 12.6 Å². The second-order valence-corrected chi connectivity index (χ2v) is 2.82. The minimum atomic E-state index is -4.39. The van der Waals surface area contributed by atoms with Crippen molar-refractivity contribution in [3.8, 4) is 0 Å². The maximum absolute atomic E-state index is 12.9. The second-order valence-electron chi connectivity index (χ2n) is 2.82. The van der Waals surface area contributed by atoms with E-state index in [2.05, 4.69) is 4.98 Å². The van der Waals surface area contributed by atoms with Crippen LogP contribution >= 0.6 is 0 Å². The van der Waals surface area contributed by atoms with E-state index >= 15 is 0 Å². The van der Waals surface area contributed by atoms with E-state index in [1.54, 1.807) is 0 Å². The third-order valence-corrected chi connectivity index (χ3v) is 1.65. The zero-order valence-corrected chi connectivity index (χ0v) is 7.05. The number of alkyl halides is 3. The smallest absolute Gasteiger partial charge is 0.324 e. The van der Waals surface area contributed by atoms with E-state index in [1.807, 2.05) is 0 Å². The van der Waals surface area contributed by atoms with Crippen LogP contribution in [0.3, 0.4) is 0 Å². The molecule has 0 amide bonds. The molecule has 78 valence electrons. The van der Waals surface area contributed by atoms with E-state index in [0.717, 1.165) is 12.3 Å². The van der Waals surface area contributed by atoms with Crippen molar-refractivity contribution in [1.29, 1.82) is 0 Å². The SMILES string of the molecule is N[C@H](CC(F)(F)F)c1ccncc1F. The molecule has 0 unspecified atom stereocenters. The van der Waals surface area contributed by atoms with E-state index in [1.165, 1.54) is 6.20 Å². The average Bonchev–Trinajstić information content (AvgIpc) is 2.01. The summed E-state index contributed by atoms with van der Waals surface area (Å²) in [6.45, 7) is 0. The molecule has 1 heterocycles. The molecule has 0 fully saturated rings. The molecule has 1 rings (SSSR count). The van der Waals surface area contributed by atoms with E-state index in [0.29, 0.717) is 0 Å². The lowest BCUT2D eigenvalue weighted by Crippen LogP contribution is -2.21. The van der Waals surface area contributed by atoms with Crippen LogP contribution in [0.15, 0.2) is 18.5 Å². The molecule has 0 aliphatic carbocycles. The summed E-state index contributed by atoms with van der Waals surface area (Å²) >= 11 is 0. The van der Waals surface area contributed by atoms with E-state index in [4.69, 9.17) is 5.73 Å². The quantitative estimate of drug-likeness (QED) is 0.756. The predicted molar refractivity (Wildman–Crippen MR) is 41.8 cm³/mol. The van der Waals surface area contributed by atoms with Gasteiger partial charge in [0.2, 0.25) is 0 Å². The van der Waals surface area contributed by atoms with Crippen molar-refractivity contribution in [2.75, 3.05) is 0 Å². The first-order chi connectivity index (χ1) is 6.40. The zero-order valence-electron chi connectivity index (χ0n) is 7.05. The van der Waals surface area contributed by atoms with Crippen LogP contribution in [0.5, 0.6) is 0 Å². The summed E-state index contributed by atoms with van der Waals surface area (Å²) in [4.78, 5) is 3.41. The highest BCUT2D eigenvalue weighted by atomic mass is 19.4. The Morgan fingerprint density at radius 3 is 2.57 bits per heavy atom. The summed E-state index contributed by atoms with van der Waals surface area (Å²) in [6.07, 6.45) is -3.59. The molecule has 1 aromatic rings. The number of halogens is 4. The number of nitrogens with two attached hydrogens (primary N) is 1. The first-order valence-corrected chi connectivity index (χ1v) is 3.82. The van der Waals surface area contributed by atoms with Crippen molar-refractivity contribution in [2.24, 2.45) is 5.73 Å². The number of aromatic nitrogens is 1. The van der Waals surface area contributed by atoms with Gasteiger partial charge in [0.15, 0.2) is 0 Å². The van der Waals surface area contributed by atoms with Crippen molar-refractivity contribution in [1.82, 2.24) is 4.98 Å². The normalized spacial score (nSPS) is 14.1. The van der Waals surface area contributed by atoms with Gasteiger partial charge in [-0.3, -0.25) is 4.98 Å². The molecule has 0 aromatic carbocycles. The fourth-order valence-corrected chi connectivity index (χ4v) is 1.05. The molecule has 1 aromatic heterocycles. The summed E-state index contributed by atoms with van der Waals surface area (Å²) in [5.41, 5.74) is 5.03. The number of rotatable bonds is 2. The van der Waals surface area contributed by atoms with E-state index in [9.17, 15) is 17.6 Å². The molecule has 6 heteroatoms. The minimum Gasteiger partial charge on any atom is -0.324 e. The lowest BCUT2D eigenvalue weighted by molar-refractivity contribution is -0.138. The Bertz CT molecular complexity index is 310. The van der Waals surface area contributed by atoms with Crippen molar-refractivity contribution >= 4 is 0 Å². The van der Waals surface area contributed by atoms with E-state index in [-0.39, 0.29) is 5.56 Å². The molecule has 0 aliphatic rings. The van der Waals surface area contributed by atoms with Crippen LogP contribution in [0, 0.1) is 5.82 Å². The van der Waals surface area contributed by atoms with Crippen LogP contribution in [-0.4, -0.2) is 11.2 Å². The first kappa shape index (κ1) is 10.9. The largest absolute Gasteiger partial charge is 0.390 e. The van der Waals surface area contributed by atoms with Gasteiger partial charge in [-0.1, -0.05) is 0 Å². The lowest BCUT2D eigenvalue weighted by atomic mass is 10.1. The van der Waals surface area contributed by atoms with Gasteiger partial charge in [-0.2, -0.15) is 13.2 Å². The highest BCUT2D eigenvalue weighted by Crippen LogP contribution is 2.28. The van der Waals surface area contributed by atoms with Crippen molar-refractivity contribution in [2.45, 2.75) is 18.6 Å². The van der Waals surface area contributed by atoms with Gasteiger partial charge in [0.1, 0.15) is 5.82 Å². The fourth-order valence-electron chi connectivity index (χ4n) is 1.05. The molecule has 0 spiro atoms. The van der Waals surface area contributed by atoms with Crippen molar-refractivity contribution < 1.29 is 17.6 Å². The Balaban J connectivity index is 2.80. The number of hydrogen-bond donors (Lipinski definition) is 1. The summed E-state index contributed by atoms with van der Waals surface area (Å²) < 4.78 is 48.6. The molecular weight excluding hydrogens is 200 g/mol. The molecule has 14 heavy (non-hydrogen) atoms. The van der Waals surface area contributed by atoms with Gasteiger partial charge in [-0.05, 0) is 6.07 Å². The first-order valence-electron chi connectivity index (χ1n) is 3.82. The van der Waals surface area contributed by atoms with Gasteiger partial charge in [-0.15, -0.1) is 0 Å². The number of nitrogens with zero attached hydrogens (tertiary/aromatic N) is 1. The molecule has 0 saturated carbocycles. The van der Waals surface area contributed by atoms with Crippen molar-refractivity contribution in [3.63, 3.8) is 0 Å². The molecule has 0 bridgehead atoms. The van der Waals surface area contributed by atoms with Gasteiger partial charge in [0.25, 0.3) is 0 Å². The zero-order chi connectivity index (χ0) is 10.8. The Kier molecular flexibility index (Phi) is 3.05. The molecule has 2 nitrogen and oxygen atoms in total. The highest BCUT2D eigenvalue weighted by Gasteiger charge is 2.31. The van der Waals surface area contributed by atoms with Crippen LogP contribution in [0.25, 0.3) is 0 Å². The predicted octanol–water partition coefficient (Wildman–Crippen LogP) is 2.17. The molecule has 1 atom stereocenters. The fraction of sp³-hybridized carbons (Fsp3) is 0.375. The summed E-state index contributed by atoms with van der Waals surface area (Å²) in [6, 6.07) is -0.232. The summed E-state index contributed by atoms with van der Waals surface area (Å²) in [5, 5.41) is 0. The molecular formula is C8H8F4N2. The number of hydrogen-bond acceptors (Lipinski definition) is 2. The maximum Gasteiger partial charge on any atom is 0.390 e. The van der Waals surface area contributed by atoms with Crippen LogP contribution in [0.1, 0.15) is 18.0 Å². The Hall–Kier alpha value is -1.17. The minimum absolute atomic E-state index is 0.169. The number of pyridine rings is 1. The summed E-state index contributed by atoms with van der Waals surface area (Å²) in [5.74, 6) is -0.816. The Morgan fingerprint density at radius 1 is 1.43 bits per heavy atom. The topological polar surface area (TPSA) is 38.9 Å². The molecule has 0 radical (unpaired) electrons. The second kappa shape index (κ2) is 3.91. The van der Waals surface area contributed by atoms with Crippen LogP contribution in [-0.2, 0) is 0 Å². The van der Waals surface area contributed by atoms with Crippen LogP contribution < -0.4 is 5.73 Å². The molecule has 0 saturated heterocycles.